The first-order chi connectivity index (χ1) is 10.7. The van der Waals surface area contributed by atoms with Gasteiger partial charge in [0.25, 0.3) is 0 Å². The third-order valence-electron chi connectivity index (χ3n) is 8.52. The topological polar surface area (TPSA) is 18.5 Å². The highest BCUT2D eigenvalue weighted by molar-refractivity contribution is 5.16. The first-order valence-corrected chi connectivity index (χ1v) is 10.0. The largest absolute Gasteiger partial charge is 0.375 e. The zero-order chi connectivity index (χ0) is 16.5. The van der Waals surface area contributed by atoms with Crippen LogP contribution in [0, 0.1) is 22.7 Å². The molecule has 2 aliphatic heterocycles. The van der Waals surface area contributed by atoms with Crippen LogP contribution in [0.1, 0.15) is 86.0 Å². The standard InChI is InChI=1S/C21H36O2/c1-15-7-8-17-18(3,4)9-6-10-19(17,5)21(15)12-11-20(23-21)13-16(2)22-14-20/h15-17H,6-14H2,1-5H3/t15-,16-,17+,19+,20+,21-/m1/s1. The smallest absolute Gasteiger partial charge is 0.0948 e. The predicted octanol–water partition coefficient (Wildman–Crippen LogP) is 5.35. The Hall–Kier alpha value is -0.0800. The van der Waals surface area contributed by atoms with Crippen molar-refractivity contribution in [2.24, 2.45) is 22.7 Å². The summed E-state index contributed by atoms with van der Waals surface area (Å²) in [7, 11) is 0. The SMILES string of the molecule is C[C@@H]1C[C@@]2(CC[C@@]3(O2)[C@H](C)CC[C@H]2C(C)(C)CCC[C@@]23C)CO1. The van der Waals surface area contributed by atoms with E-state index in [9.17, 15) is 0 Å². The summed E-state index contributed by atoms with van der Waals surface area (Å²) in [5, 5.41) is 0. The third-order valence-corrected chi connectivity index (χ3v) is 8.52. The van der Waals surface area contributed by atoms with Crippen molar-refractivity contribution in [1.82, 2.24) is 0 Å². The van der Waals surface area contributed by atoms with Gasteiger partial charge in [0.2, 0.25) is 0 Å². The van der Waals surface area contributed by atoms with E-state index in [0.29, 0.717) is 22.9 Å². The van der Waals surface area contributed by atoms with Gasteiger partial charge in [-0.1, -0.05) is 34.1 Å². The van der Waals surface area contributed by atoms with Crippen molar-refractivity contribution in [2.45, 2.75) is 103 Å². The number of hydrogen-bond acceptors (Lipinski definition) is 2. The van der Waals surface area contributed by atoms with Gasteiger partial charge in [0.05, 0.1) is 23.9 Å². The van der Waals surface area contributed by atoms with E-state index >= 15 is 0 Å². The summed E-state index contributed by atoms with van der Waals surface area (Å²) in [6.07, 6.45) is 10.8. The number of ether oxygens (including phenoxy) is 2. The quantitative estimate of drug-likeness (QED) is 0.599. The lowest BCUT2D eigenvalue weighted by Gasteiger charge is -2.64. The fraction of sp³-hybridized carbons (Fsp3) is 1.00. The van der Waals surface area contributed by atoms with Crippen LogP contribution in [-0.2, 0) is 9.47 Å². The molecule has 0 amide bonds. The Morgan fingerprint density at radius 1 is 0.913 bits per heavy atom. The Labute approximate surface area is 142 Å². The Kier molecular flexibility index (Phi) is 3.54. The van der Waals surface area contributed by atoms with Crippen LogP contribution in [0.25, 0.3) is 0 Å². The molecular weight excluding hydrogens is 284 g/mol. The van der Waals surface area contributed by atoms with Crippen LogP contribution in [0.5, 0.6) is 0 Å². The summed E-state index contributed by atoms with van der Waals surface area (Å²) in [6, 6.07) is 0. The van der Waals surface area contributed by atoms with Gasteiger partial charge in [0.1, 0.15) is 0 Å². The molecule has 0 unspecified atom stereocenters. The highest BCUT2D eigenvalue weighted by Crippen LogP contribution is 2.68. The van der Waals surface area contributed by atoms with Gasteiger partial charge in [-0.05, 0) is 62.7 Å². The molecule has 0 aromatic carbocycles. The molecule has 0 radical (unpaired) electrons. The van der Waals surface area contributed by atoms with Crippen LogP contribution in [0.15, 0.2) is 0 Å². The van der Waals surface area contributed by atoms with Crippen molar-refractivity contribution in [2.75, 3.05) is 6.61 Å². The van der Waals surface area contributed by atoms with E-state index in [-0.39, 0.29) is 11.2 Å². The Balaban J connectivity index is 1.71. The minimum atomic E-state index is 0.0279. The summed E-state index contributed by atoms with van der Waals surface area (Å²) in [5.74, 6) is 1.50. The lowest BCUT2D eigenvalue weighted by molar-refractivity contribution is -0.246. The van der Waals surface area contributed by atoms with Gasteiger partial charge in [-0.2, -0.15) is 0 Å². The van der Waals surface area contributed by atoms with Crippen LogP contribution >= 0.6 is 0 Å². The minimum absolute atomic E-state index is 0.0279. The van der Waals surface area contributed by atoms with Crippen LogP contribution in [0.4, 0.5) is 0 Å². The second kappa shape index (κ2) is 4.97. The Morgan fingerprint density at radius 2 is 1.70 bits per heavy atom. The fourth-order valence-electron chi connectivity index (χ4n) is 7.38. The molecule has 23 heavy (non-hydrogen) atoms. The molecule has 0 N–H and O–H groups in total. The molecule has 4 fully saturated rings. The zero-order valence-corrected chi connectivity index (χ0v) is 15.9. The van der Waals surface area contributed by atoms with Gasteiger partial charge in [0.15, 0.2) is 0 Å². The van der Waals surface area contributed by atoms with Gasteiger partial charge >= 0.3 is 0 Å². The van der Waals surface area contributed by atoms with Gasteiger partial charge in [-0.3, -0.25) is 0 Å². The maximum Gasteiger partial charge on any atom is 0.0948 e. The van der Waals surface area contributed by atoms with Crippen LogP contribution in [-0.4, -0.2) is 23.9 Å². The second-order valence-corrected chi connectivity index (χ2v) is 10.3. The monoisotopic (exact) mass is 320 g/mol. The average Bonchev–Trinajstić information content (AvgIpc) is 3.01. The summed E-state index contributed by atoms with van der Waals surface area (Å²) in [4.78, 5) is 0. The minimum Gasteiger partial charge on any atom is -0.375 e. The highest BCUT2D eigenvalue weighted by Gasteiger charge is 2.67. The van der Waals surface area contributed by atoms with Crippen LogP contribution in [0.2, 0.25) is 0 Å². The molecule has 2 saturated heterocycles. The molecule has 2 nitrogen and oxygen atoms in total. The number of fused-ring (bicyclic) bond motifs is 2. The molecule has 2 spiro atoms. The third kappa shape index (κ3) is 2.13. The van der Waals surface area contributed by atoms with E-state index in [1.807, 2.05) is 0 Å². The average molecular weight is 321 g/mol. The van der Waals surface area contributed by atoms with Crippen molar-refractivity contribution in [3.63, 3.8) is 0 Å². The lowest BCUT2D eigenvalue weighted by Crippen LogP contribution is -2.62. The lowest BCUT2D eigenvalue weighted by atomic mass is 9.44. The van der Waals surface area contributed by atoms with E-state index in [4.69, 9.17) is 9.47 Å². The van der Waals surface area contributed by atoms with Crippen molar-refractivity contribution >= 4 is 0 Å². The first-order valence-electron chi connectivity index (χ1n) is 10.0. The fourth-order valence-corrected chi connectivity index (χ4v) is 7.38. The second-order valence-electron chi connectivity index (χ2n) is 10.3. The molecule has 2 heterocycles. The number of hydrogen-bond donors (Lipinski definition) is 0. The molecular formula is C21H36O2. The predicted molar refractivity (Wildman–Crippen MR) is 93.4 cm³/mol. The summed E-state index contributed by atoms with van der Waals surface area (Å²) in [6.45, 7) is 13.1. The first kappa shape index (κ1) is 16.4. The normalized spacial score (nSPS) is 55.4. The van der Waals surface area contributed by atoms with Gasteiger partial charge in [-0.15, -0.1) is 0 Å². The molecule has 2 aliphatic carbocycles. The van der Waals surface area contributed by atoms with Gasteiger partial charge < -0.3 is 9.47 Å². The number of rotatable bonds is 0. The van der Waals surface area contributed by atoms with E-state index in [1.54, 1.807) is 0 Å². The Morgan fingerprint density at radius 3 is 2.39 bits per heavy atom. The van der Waals surface area contributed by atoms with E-state index < -0.39 is 0 Å². The van der Waals surface area contributed by atoms with Crippen molar-refractivity contribution in [3.05, 3.63) is 0 Å². The molecule has 6 atom stereocenters. The van der Waals surface area contributed by atoms with Crippen molar-refractivity contribution in [1.29, 1.82) is 0 Å². The molecule has 132 valence electrons. The van der Waals surface area contributed by atoms with Crippen LogP contribution in [0.3, 0.4) is 0 Å². The van der Waals surface area contributed by atoms with E-state index in [2.05, 4.69) is 34.6 Å². The van der Waals surface area contributed by atoms with Crippen molar-refractivity contribution < 1.29 is 9.47 Å². The van der Waals surface area contributed by atoms with E-state index in [0.717, 1.165) is 18.9 Å². The van der Waals surface area contributed by atoms with E-state index in [1.165, 1.54) is 44.9 Å². The van der Waals surface area contributed by atoms with Crippen molar-refractivity contribution in [3.8, 4) is 0 Å². The summed E-state index contributed by atoms with van der Waals surface area (Å²) >= 11 is 0. The maximum absolute atomic E-state index is 7.16. The molecule has 2 heteroatoms. The van der Waals surface area contributed by atoms with Crippen LogP contribution < -0.4 is 0 Å². The molecule has 0 bridgehead atoms. The van der Waals surface area contributed by atoms with Gasteiger partial charge in [-0.25, -0.2) is 0 Å². The molecule has 0 aromatic rings. The summed E-state index contributed by atoms with van der Waals surface area (Å²) < 4.78 is 13.1. The molecule has 0 aromatic heterocycles. The maximum atomic E-state index is 7.16. The highest BCUT2D eigenvalue weighted by atomic mass is 16.6. The molecule has 4 aliphatic rings. The zero-order valence-electron chi connectivity index (χ0n) is 15.9. The molecule has 4 rings (SSSR count). The molecule has 2 saturated carbocycles. The van der Waals surface area contributed by atoms with Gasteiger partial charge in [0, 0.05) is 11.8 Å². The Bertz CT molecular complexity index is 486. The summed E-state index contributed by atoms with van der Waals surface area (Å²) in [5.41, 5.74) is 0.946.